The van der Waals surface area contributed by atoms with Gasteiger partial charge in [-0.2, -0.15) is 25.3 Å². The summed E-state index contributed by atoms with van der Waals surface area (Å²) in [7, 11) is 0. The third-order valence-electron chi connectivity index (χ3n) is 0.509. The van der Waals surface area contributed by atoms with Crippen LogP contribution in [0.2, 0.25) is 0 Å². The predicted octanol–water partition coefficient (Wildman–Crippen LogP) is 0.718. The number of hydrogen-bond acceptors (Lipinski definition) is 5. The molecule has 0 aromatic carbocycles. The number of hydrogen-bond donors (Lipinski definition) is 2. The lowest BCUT2D eigenvalue weighted by molar-refractivity contribution is 0.865. The minimum atomic E-state index is 0.878. The standard InChI is InChI=1S/C3H3N3.C2H6S2/c1-2-4-6-5-3-1;3-1-2-4/h1-3H;3-4H,1-2H2. The van der Waals surface area contributed by atoms with Crippen LogP contribution in [0.4, 0.5) is 0 Å². The van der Waals surface area contributed by atoms with Crippen molar-refractivity contribution in [1.29, 1.82) is 0 Å². The summed E-state index contributed by atoms with van der Waals surface area (Å²) in [6, 6.07) is 1.72. The Morgan fingerprint density at radius 2 is 1.50 bits per heavy atom. The summed E-state index contributed by atoms with van der Waals surface area (Å²) < 4.78 is 0. The molecular formula is C5H9N3S2. The predicted molar refractivity (Wildman–Crippen MR) is 47.5 cm³/mol. The summed E-state index contributed by atoms with van der Waals surface area (Å²) in [6.07, 6.45) is 3.15. The van der Waals surface area contributed by atoms with Crippen molar-refractivity contribution in [2.75, 3.05) is 11.5 Å². The summed E-state index contributed by atoms with van der Waals surface area (Å²) in [5.41, 5.74) is 0. The van der Waals surface area contributed by atoms with Crippen LogP contribution in [0.1, 0.15) is 0 Å². The molecule has 10 heavy (non-hydrogen) atoms. The van der Waals surface area contributed by atoms with Crippen LogP contribution in [-0.4, -0.2) is 26.9 Å². The molecule has 1 rings (SSSR count). The fraction of sp³-hybridized carbons (Fsp3) is 0.400. The van der Waals surface area contributed by atoms with E-state index >= 15 is 0 Å². The van der Waals surface area contributed by atoms with E-state index in [2.05, 4.69) is 40.7 Å². The molecule has 0 spiro atoms. The summed E-state index contributed by atoms with van der Waals surface area (Å²) in [5, 5.41) is 10.1. The normalized spacial score (nSPS) is 7.80. The third-order valence-corrected chi connectivity index (χ3v) is 1.31. The lowest BCUT2D eigenvalue weighted by Crippen LogP contribution is -1.78. The fourth-order valence-corrected chi connectivity index (χ4v) is 0.205. The molecule has 5 heteroatoms. The molecule has 0 unspecified atom stereocenters. The first-order valence-corrected chi connectivity index (χ1v) is 3.98. The van der Waals surface area contributed by atoms with Gasteiger partial charge in [0.2, 0.25) is 0 Å². The molecule has 0 aliphatic rings. The highest BCUT2D eigenvalue weighted by atomic mass is 32.1. The van der Waals surface area contributed by atoms with Crippen molar-refractivity contribution in [3.8, 4) is 0 Å². The topological polar surface area (TPSA) is 38.7 Å². The molecule has 56 valence electrons. The first-order chi connectivity index (χ1) is 4.91. The highest BCUT2D eigenvalue weighted by Gasteiger charge is 1.60. The van der Waals surface area contributed by atoms with Crippen molar-refractivity contribution < 1.29 is 0 Å². The van der Waals surface area contributed by atoms with Crippen LogP contribution >= 0.6 is 25.3 Å². The summed E-state index contributed by atoms with van der Waals surface area (Å²) >= 11 is 7.69. The van der Waals surface area contributed by atoms with Crippen LogP contribution in [0.5, 0.6) is 0 Å². The Balaban J connectivity index is 0.000000180. The molecule has 0 saturated heterocycles. The van der Waals surface area contributed by atoms with Crippen molar-refractivity contribution in [2.45, 2.75) is 0 Å². The number of thiol groups is 2. The van der Waals surface area contributed by atoms with Crippen LogP contribution in [0.3, 0.4) is 0 Å². The Hall–Kier alpha value is -0.290. The van der Waals surface area contributed by atoms with E-state index in [0.717, 1.165) is 11.5 Å². The average molecular weight is 175 g/mol. The molecule has 0 fully saturated rings. The minimum absolute atomic E-state index is 0.878. The molecule has 0 aliphatic heterocycles. The molecule has 0 atom stereocenters. The Morgan fingerprint density at radius 3 is 1.60 bits per heavy atom. The fourth-order valence-electron chi connectivity index (χ4n) is 0.205. The molecule has 0 aliphatic carbocycles. The van der Waals surface area contributed by atoms with Gasteiger partial charge >= 0.3 is 0 Å². The van der Waals surface area contributed by atoms with Crippen LogP contribution in [0.15, 0.2) is 18.5 Å². The SMILES string of the molecule is SCCS.c1cnnnc1. The summed E-state index contributed by atoms with van der Waals surface area (Å²) in [5.74, 6) is 1.76. The first kappa shape index (κ1) is 9.71. The Morgan fingerprint density at radius 1 is 1.00 bits per heavy atom. The van der Waals surface area contributed by atoms with E-state index in [1.54, 1.807) is 18.5 Å². The maximum absolute atomic E-state index is 3.84. The maximum atomic E-state index is 3.84. The molecule has 0 radical (unpaired) electrons. The zero-order chi connectivity index (χ0) is 7.66. The van der Waals surface area contributed by atoms with Crippen molar-refractivity contribution in [3.05, 3.63) is 18.5 Å². The van der Waals surface area contributed by atoms with Gasteiger partial charge in [0.05, 0.1) is 12.4 Å². The van der Waals surface area contributed by atoms with Gasteiger partial charge in [0.1, 0.15) is 0 Å². The zero-order valence-corrected chi connectivity index (χ0v) is 7.17. The van der Waals surface area contributed by atoms with Crippen LogP contribution < -0.4 is 0 Å². The van der Waals surface area contributed by atoms with Gasteiger partial charge in [-0.1, -0.05) is 0 Å². The van der Waals surface area contributed by atoms with E-state index < -0.39 is 0 Å². The largest absolute Gasteiger partial charge is 0.179 e. The van der Waals surface area contributed by atoms with Crippen LogP contribution in [-0.2, 0) is 0 Å². The van der Waals surface area contributed by atoms with E-state index in [1.165, 1.54) is 0 Å². The van der Waals surface area contributed by atoms with E-state index in [0.29, 0.717) is 0 Å². The van der Waals surface area contributed by atoms with Crippen molar-refractivity contribution in [3.63, 3.8) is 0 Å². The average Bonchev–Trinajstić information content (AvgIpc) is 2.08. The molecule has 3 nitrogen and oxygen atoms in total. The monoisotopic (exact) mass is 175 g/mol. The van der Waals surface area contributed by atoms with E-state index in [9.17, 15) is 0 Å². The van der Waals surface area contributed by atoms with Gasteiger partial charge in [0, 0.05) is 0 Å². The third kappa shape index (κ3) is 7.71. The van der Waals surface area contributed by atoms with Gasteiger partial charge < -0.3 is 0 Å². The lowest BCUT2D eigenvalue weighted by Gasteiger charge is -1.68. The lowest BCUT2D eigenvalue weighted by atomic mass is 10.7. The van der Waals surface area contributed by atoms with Crippen molar-refractivity contribution in [1.82, 2.24) is 15.4 Å². The number of nitrogens with zero attached hydrogens (tertiary/aromatic N) is 3. The smallest absolute Gasteiger partial charge is 0.0529 e. The second kappa shape index (κ2) is 8.71. The molecule has 0 amide bonds. The number of rotatable bonds is 1. The molecule has 1 aromatic heterocycles. The first-order valence-electron chi connectivity index (χ1n) is 2.72. The van der Waals surface area contributed by atoms with E-state index in [4.69, 9.17) is 0 Å². The molecule has 0 bridgehead atoms. The second-order valence-electron chi connectivity index (χ2n) is 1.26. The molecule has 1 aromatic rings. The molecule has 1 heterocycles. The summed E-state index contributed by atoms with van der Waals surface area (Å²) in [6.45, 7) is 0. The van der Waals surface area contributed by atoms with E-state index in [-0.39, 0.29) is 0 Å². The van der Waals surface area contributed by atoms with Crippen molar-refractivity contribution >= 4 is 25.3 Å². The minimum Gasteiger partial charge on any atom is -0.179 e. The van der Waals surface area contributed by atoms with Gasteiger partial charge in [0.15, 0.2) is 0 Å². The Labute approximate surface area is 71.1 Å². The highest BCUT2D eigenvalue weighted by Crippen LogP contribution is 1.73. The van der Waals surface area contributed by atoms with Gasteiger partial charge in [-0.15, -0.1) is 10.2 Å². The van der Waals surface area contributed by atoms with Gasteiger partial charge in [-0.05, 0) is 22.8 Å². The highest BCUT2D eigenvalue weighted by molar-refractivity contribution is 7.84. The van der Waals surface area contributed by atoms with Crippen molar-refractivity contribution in [2.24, 2.45) is 0 Å². The number of aromatic nitrogens is 3. The van der Waals surface area contributed by atoms with Gasteiger partial charge in [-0.3, -0.25) is 0 Å². The molecular weight excluding hydrogens is 166 g/mol. The zero-order valence-electron chi connectivity index (χ0n) is 5.38. The second-order valence-corrected chi connectivity index (χ2v) is 2.15. The quantitative estimate of drug-likeness (QED) is 0.618. The van der Waals surface area contributed by atoms with Gasteiger partial charge in [-0.25, -0.2) is 0 Å². The maximum Gasteiger partial charge on any atom is 0.0529 e. The van der Waals surface area contributed by atoms with E-state index in [1.807, 2.05) is 0 Å². The molecule has 0 N–H and O–H groups in total. The van der Waals surface area contributed by atoms with Crippen LogP contribution in [0, 0.1) is 0 Å². The van der Waals surface area contributed by atoms with Crippen LogP contribution in [0.25, 0.3) is 0 Å². The Bertz CT molecular complexity index is 107. The van der Waals surface area contributed by atoms with Gasteiger partial charge in [0.25, 0.3) is 0 Å². The Kier molecular flexibility index (Phi) is 8.46. The molecule has 0 saturated carbocycles. The summed E-state index contributed by atoms with van der Waals surface area (Å²) in [4.78, 5) is 0.